The lowest BCUT2D eigenvalue weighted by Gasteiger charge is -1.95. The molecule has 0 aliphatic carbocycles. The van der Waals surface area contributed by atoms with Gasteiger partial charge in [0.05, 0.1) is 0 Å². The molecule has 78 valence electrons. The van der Waals surface area contributed by atoms with Crippen LogP contribution in [0.25, 0.3) is 6.08 Å². The van der Waals surface area contributed by atoms with Crippen molar-refractivity contribution >= 4 is 12.4 Å². The highest BCUT2D eigenvalue weighted by molar-refractivity contribution is 5.65. The molecule has 0 spiro atoms. The van der Waals surface area contributed by atoms with Gasteiger partial charge in [-0.25, -0.2) is 0 Å². The van der Waals surface area contributed by atoms with Crippen molar-refractivity contribution in [1.29, 1.82) is 0 Å². The average molecular weight is 208 g/mol. The summed E-state index contributed by atoms with van der Waals surface area (Å²) in [6.45, 7) is 0. The average Bonchev–Trinajstić information content (AvgIpc) is 2.34. The molecule has 0 amide bonds. The summed E-state index contributed by atoms with van der Waals surface area (Å²) in [5.41, 5.74) is 1.88. The molecule has 1 heteroatoms. The first-order valence-electron chi connectivity index (χ1n) is 4.89. The molecule has 0 saturated heterocycles. The van der Waals surface area contributed by atoms with Gasteiger partial charge in [-0.2, -0.15) is 0 Å². The zero-order valence-electron chi connectivity index (χ0n) is 8.84. The molecule has 1 aromatic rings. The van der Waals surface area contributed by atoms with Gasteiger partial charge in [-0.15, -0.1) is 6.42 Å². The van der Waals surface area contributed by atoms with E-state index >= 15 is 0 Å². The highest BCUT2D eigenvalue weighted by Gasteiger charge is 1.91. The highest BCUT2D eigenvalue weighted by atomic mass is 16.1. The van der Waals surface area contributed by atoms with E-state index in [-0.39, 0.29) is 0 Å². The zero-order chi connectivity index (χ0) is 11.6. The van der Waals surface area contributed by atoms with Crippen LogP contribution in [0.3, 0.4) is 0 Å². The van der Waals surface area contributed by atoms with Crippen LogP contribution in [0.4, 0.5) is 0 Å². The Hall–Kier alpha value is -2.33. The van der Waals surface area contributed by atoms with E-state index in [1.807, 2.05) is 42.5 Å². The van der Waals surface area contributed by atoms with Crippen molar-refractivity contribution in [3.05, 3.63) is 65.8 Å². The molecular formula is C15H12O. The van der Waals surface area contributed by atoms with Gasteiger partial charge in [0.2, 0.25) is 0 Å². The van der Waals surface area contributed by atoms with Crippen LogP contribution >= 0.6 is 0 Å². The minimum atomic E-state index is 0.738. The fourth-order valence-corrected chi connectivity index (χ4v) is 1.17. The predicted molar refractivity (Wildman–Crippen MR) is 67.8 cm³/mol. The summed E-state index contributed by atoms with van der Waals surface area (Å²) in [5.74, 6) is 2.62. The van der Waals surface area contributed by atoms with E-state index in [1.54, 1.807) is 12.2 Å². The normalized spacial score (nSPS) is 11.2. The Labute approximate surface area is 95.8 Å². The number of hydrogen-bond donors (Lipinski definition) is 0. The van der Waals surface area contributed by atoms with Crippen LogP contribution in [0.15, 0.2) is 54.6 Å². The van der Waals surface area contributed by atoms with E-state index in [9.17, 15) is 4.79 Å². The van der Waals surface area contributed by atoms with E-state index in [0.717, 1.165) is 17.4 Å². The maximum atomic E-state index is 9.98. The fourth-order valence-electron chi connectivity index (χ4n) is 1.17. The summed E-state index contributed by atoms with van der Waals surface area (Å²) in [7, 11) is 0. The van der Waals surface area contributed by atoms with Crippen molar-refractivity contribution in [1.82, 2.24) is 0 Å². The lowest BCUT2D eigenvalue weighted by molar-refractivity contribution is -0.104. The molecule has 0 radical (unpaired) electrons. The van der Waals surface area contributed by atoms with Crippen molar-refractivity contribution in [2.45, 2.75) is 0 Å². The maximum absolute atomic E-state index is 9.98. The van der Waals surface area contributed by atoms with Crippen LogP contribution in [0, 0.1) is 12.3 Å². The minimum Gasteiger partial charge on any atom is -0.299 e. The lowest BCUT2D eigenvalue weighted by Crippen LogP contribution is -1.78. The topological polar surface area (TPSA) is 17.1 Å². The Morgan fingerprint density at radius 2 is 1.69 bits per heavy atom. The third-order valence-electron chi connectivity index (χ3n) is 1.92. The molecule has 0 fully saturated rings. The van der Waals surface area contributed by atoms with Gasteiger partial charge in [0.15, 0.2) is 0 Å². The van der Waals surface area contributed by atoms with Gasteiger partial charge >= 0.3 is 0 Å². The van der Waals surface area contributed by atoms with Crippen molar-refractivity contribution in [2.75, 3.05) is 0 Å². The molecule has 1 aromatic carbocycles. The first-order chi connectivity index (χ1) is 7.88. The second kappa shape index (κ2) is 7.03. The summed E-state index contributed by atoms with van der Waals surface area (Å²) < 4.78 is 0. The first kappa shape index (κ1) is 11.7. The Kier molecular flexibility index (Phi) is 5.16. The number of terminal acetylenes is 1. The fraction of sp³-hybridized carbons (Fsp3) is 0. The van der Waals surface area contributed by atoms with Crippen molar-refractivity contribution in [3.8, 4) is 12.3 Å². The number of benzene rings is 1. The van der Waals surface area contributed by atoms with Crippen LogP contribution in [-0.4, -0.2) is 6.29 Å². The van der Waals surface area contributed by atoms with Gasteiger partial charge in [-0.05, 0) is 17.7 Å². The lowest BCUT2D eigenvalue weighted by atomic mass is 10.1. The van der Waals surface area contributed by atoms with Crippen molar-refractivity contribution in [2.24, 2.45) is 0 Å². The number of hydrogen-bond acceptors (Lipinski definition) is 1. The Morgan fingerprint density at radius 3 is 2.44 bits per heavy atom. The Bertz CT molecular complexity index is 470. The molecular weight excluding hydrogens is 196 g/mol. The van der Waals surface area contributed by atoms with E-state index in [2.05, 4.69) is 5.92 Å². The standard InChI is InChI=1S/C15H12O/c1-2-14-10-7-8-12-15(14)11-6-4-3-5-9-13-16/h1,3-13H. The predicted octanol–water partition coefficient (Wildman–Crippen LogP) is 2.99. The second-order valence-corrected chi connectivity index (χ2v) is 3.00. The van der Waals surface area contributed by atoms with Crippen LogP contribution < -0.4 is 0 Å². The molecule has 0 saturated carbocycles. The van der Waals surface area contributed by atoms with E-state index < -0.39 is 0 Å². The highest BCUT2D eigenvalue weighted by Crippen LogP contribution is 2.08. The molecule has 1 rings (SSSR count). The largest absolute Gasteiger partial charge is 0.299 e. The van der Waals surface area contributed by atoms with Gasteiger partial charge in [0, 0.05) is 5.56 Å². The first-order valence-corrected chi connectivity index (χ1v) is 4.89. The van der Waals surface area contributed by atoms with Gasteiger partial charge < -0.3 is 0 Å². The van der Waals surface area contributed by atoms with E-state index in [4.69, 9.17) is 6.42 Å². The number of allylic oxidation sites excluding steroid dienone is 5. The second-order valence-electron chi connectivity index (χ2n) is 3.00. The Balaban J connectivity index is 2.70. The molecule has 0 atom stereocenters. The zero-order valence-corrected chi connectivity index (χ0v) is 8.84. The van der Waals surface area contributed by atoms with Crippen molar-refractivity contribution in [3.63, 3.8) is 0 Å². The monoisotopic (exact) mass is 208 g/mol. The van der Waals surface area contributed by atoms with Crippen LogP contribution in [0.2, 0.25) is 0 Å². The summed E-state index contributed by atoms with van der Waals surface area (Å²) in [5, 5.41) is 0. The third-order valence-corrected chi connectivity index (χ3v) is 1.92. The molecule has 0 aliphatic heterocycles. The van der Waals surface area contributed by atoms with Gasteiger partial charge in [0.25, 0.3) is 0 Å². The molecule has 0 bridgehead atoms. The van der Waals surface area contributed by atoms with Crippen molar-refractivity contribution < 1.29 is 4.79 Å². The minimum absolute atomic E-state index is 0.738. The third kappa shape index (κ3) is 3.81. The van der Waals surface area contributed by atoms with Crippen LogP contribution in [0.1, 0.15) is 11.1 Å². The van der Waals surface area contributed by atoms with Crippen LogP contribution in [-0.2, 0) is 4.79 Å². The van der Waals surface area contributed by atoms with E-state index in [1.165, 1.54) is 6.08 Å². The number of carbonyl (C=O) groups is 1. The molecule has 0 heterocycles. The summed E-state index contributed by atoms with van der Waals surface area (Å²) in [6.07, 6.45) is 16.6. The quantitative estimate of drug-likeness (QED) is 0.322. The molecule has 0 N–H and O–H groups in total. The molecule has 0 aromatic heterocycles. The maximum Gasteiger partial charge on any atom is 0.142 e. The summed E-state index contributed by atoms with van der Waals surface area (Å²) in [4.78, 5) is 9.98. The summed E-state index contributed by atoms with van der Waals surface area (Å²) in [6, 6.07) is 7.71. The van der Waals surface area contributed by atoms with Crippen LogP contribution in [0.5, 0.6) is 0 Å². The Morgan fingerprint density at radius 1 is 1.00 bits per heavy atom. The number of carbonyl (C=O) groups excluding carboxylic acids is 1. The SMILES string of the molecule is C#Cc1ccccc1C=CC=CC=CC=O. The van der Waals surface area contributed by atoms with Gasteiger partial charge in [-0.1, -0.05) is 54.5 Å². The molecule has 1 nitrogen and oxygen atoms in total. The number of rotatable bonds is 4. The molecule has 0 aliphatic rings. The number of aldehydes is 1. The summed E-state index contributed by atoms with van der Waals surface area (Å²) >= 11 is 0. The van der Waals surface area contributed by atoms with E-state index in [0.29, 0.717) is 0 Å². The molecule has 0 unspecified atom stereocenters. The van der Waals surface area contributed by atoms with Gasteiger partial charge in [0.1, 0.15) is 6.29 Å². The molecule has 16 heavy (non-hydrogen) atoms. The van der Waals surface area contributed by atoms with Gasteiger partial charge in [-0.3, -0.25) is 4.79 Å². The smallest absolute Gasteiger partial charge is 0.142 e.